The summed E-state index contributed by atoms with van der Waals surface area (Å²) in [5.41, 5.74) is 1.44. The molecule has 1 rings (SSSR count). The average Bonchev–Trinajstić information content (AvgIpc) is 2.49. The summed E-state index contributed by atoms with van der Waals surface area (Å²) in [5, 5.41) is 0. The third kappa shape index (κ3) is 6.30. The zero-order chi connectivity index (χ0) is 15.5. The normalized spacial score (nSPS) is 11.2. The first-order valence-corrected chi connectivity index (χ1v) is 7.39. The van der Waals surface area contributed by atoms with Crippen LogP contribution in [0.2, 0.25) is 0 Å². The quantitative estimate of drug-likeness (QED) is 0.523. The van der Waals surface area contributed by atoms with Gasteiger partial charge in [-0.1, -0.05) is 44.2 Å². The largest absolute Gasteiger partial charge is 0.490 e. The maximum absolute atomic E-state index is 12.0. The summed E-state index contributed by atoms with van der Waals surface area (Å²) in [5.74, 6) is 0.361. The number of carbonyl (C=O) groups is 1. The fraction of sp³-hybridized carbons (Fsp3) is 0.389. The standard InChI is InChI=1S/C18H24O3/c1-4-6-8-12-20-16-11-10-15(3)17(14-16)18(19)21-13-9-7-5-2/h6-11,14H,4-5,12-13H2,1-3H3/b8-6-,9-7?. The van der Waals surface area contributed by atoms with E-state index in [0.717, 1.165) is 18.4 Å². The number of esters is 1. The fourth-order valence-electron chi connectivity index (χ4n) is 1.73. The van der Waals surface area contributed by atoms with E-state index in [0.29, 0.717) is 24.5 Å². The number of carbonyl (C=O) groups excluding carboxylic acids is 1. The van der Waals surface area contributed by atoms with E-state index in [1.165, 1.54) is 0 Å². The van der Waals surface area contributed by atoms with Gasteiger partial charge in [-0.15, -0.1) is 0 Å². The van der Waals surface area contributed by atoms with E-state index >= 15 is 0 Å². The summed E-state index contributed by atoms with van der Waals surface area (Å²) in [6.07, 6.45) is 9.75. The number of aryl methyl sites for hydroxylation is 1. The fourth-order valence-corrected chi connectivity index (χ4v) is 1.73. The second-order valence-electron chi connectivity index (χ2n) is 4.65. The number of allylic oxidation sites excluding steroid dienone is 2. The van der Waals surface area contributed by atoms with Crippen molar-refractivity contribution >= 4 is 5.97 Å². The molecular formula is C18H24O3. The summed E-state index contributed by atoms with van der Waals surface area (Å²) in [6, 6.07) is 5.47. The van der Waals surface area contributed by atoms with Crippen molar-refractivity contribution in [1.82, 2.24) is 0 Å². The minimum Gasteiger partial charge on any atom is -0.490 e. The molecule has 0 radical (unpaired) electrons. The lowest BCUT2D eigenvalue weighted by Crippen LogP contribution is -2.07. The van der Waals surface area contributed by atoms with Crippen molar-refractivity contribution in [2.75, 3.05) is 13.2 Å². The van der Waals surface area contributed by atoms with Crippen LogP contribution in [-0.2, 0) is 4.74 Å². The zero-order valence-electron chi connectivity index (χ0n) is 13.1. The molecule has 0 saturated carbocycles. The van der Waals surface area contributed by atoms with Crippen molar-refractivity contribution in [2.24, 2.45) is 0 Å². The van der Waals surface area contributed by atoms with Crippen LogP contribution in [0.1, 0.15) is 42.6 Å². The maximum atomic E-state index is 12.0. The van der Waals surface area contributed by atoms with Crippen molar-refractivity contribution in [1.29, 1.82) is 0 Å². The molecular weight excluding hydrogens is 264 g/mol. The van der Waals surface area contributed by atoms with Gasteiger partial charge in [0.05, 0.1) is 5.56 Å². The van der Waals surface area contributed by atoms with Crippen LogP contribution in [0.3, 0.4) is 0 Å². The van der Waals surface area contributed by atoms with E-state index in [4.69, 9.17) is 9.47 Å². The van der Waals surface area contributed by atoms with Crippen molar-refractivity contribution in [2.45, 2.75) is 33.6 Å². The minimum absolute atomic E-state index is 0.302. The van der Waals surface area contributed by atoms with Gasteiger partial charge in [0.25, 0.3) is 0 Å². The third-order valence-corrected chi connectivity index (χ3v) is 2.89. The molecule has 0 saturated heterocycles. The third-order valence-electron chi connectivity index (χ3n) is 2.89. The highest BCUT2D eigenvalue weighted by Gasteiger charge is 2.11. The molecule has 0 aromatic heterocycles. The SMILES string of the molecule is CCC=CCOC(=O)c1cc(OC/C=C\CC)ccc1C. The van der Waals surface area contributed by atoms with E-state index in [9.17, 15) is 4.79 Å². The van der Waals surface area contributed by atoms with E-state index in [1.807, 2.05) is 50.3 Å². The summed E-state index contributed by atoms with van der Waals surface area (Å²) >= 11 is 0. The van der Waals surface area contributed by atoms with Crippen molar-refractivity contribution in [3.8, 4) is 5.75 Å². The van der Waals surface area contributed by atoms with Gasteiger partial charge in [0, 0.05) is 0 Å². The molecule has 0 aliphatic rings. The molecule has 0 N–H and O–H groups in total. The molecule has 0 aliphatic heterocycles. The van der Waals surface area contributed by atoms with Crippen LogP contribution < -0.4 is 4.74 Å². The second kappa shape index (κ2) is 9.81. The first kappa shape index (κ1) is 17.0. The molecule has 0 aliphatic carbocycles. The predicted octanol–water partition coefficient (Wildman–Crippen LogP) is 4.46. The van der Waals surface area contributed by atoms with E-state index in [1.54, 1.807) is 6.07 Å². The van der Waals surface area contributed by atoms with Gasteiger partial charge in [-0.3, -0.25) is 0 Å². The molecule has 3 nitrogen and oxygen atoms in total. The molecule has 0 bridgehead atoms. The summed E-state index contributed by atoms with van der Waals surface area (Å²) in [6.45, 7) is 6.81. The Balaban J connectivity index is 2.65. The van der Waals surface area contributed by atoms with E-state index in [-0.39, 0.29) is 5.97 Å². The number of benzene rings is 1. The average molecular weight is 288 g/mol. The van der Waals surface area contributed by atoms with Crippen molar-refractivity contribution < 1.29 is 14.3 Å². The van der Waals surface area contributed by atoms with Gasteiger partial charge in [-0.2, -0.15) is 0 Å². The predicted molar refractivity (Wildman–Crippen MR) is 85.8 cm³/mol. The summed E-state index contributed by atoms with van der Waals surface area (Å²) in [4.78, 5) is 12.0. The summed E-state index contributed by atoms with van der Waals surface area (Å²) in [7, 11) is 0. The Hall–Kier alpha value is -2.03. The molecule has 0 spiro atoms. The Morgan fingerprint density at radius 1 is 1.05 bits per heavy atom. The minimum atomic E-state index is -0.317. The molecule has 1 aromatic rings. The number of rotatable bonds is 8. The van der Waals surface area contributed by atoms with Crippen LogP contribution >= 0.6 is 0 Å². The zero-order valence-corrected chi connectivity index (χ0v) is 13.1. The van der Waals surface area contributed by atoms with Gasteiger partial charge in [0.2, 0.25) is 0 Å². The Morgan fingerprint density at radius 2 is 1.71 bits per heavy atom. The Labute approximate surface area is 127 Å². The number of hydrogen-bond acceptors (Lipinski definition) is 3. The second-order valence-corrected chi connectivity index (χ2v) is 4.65. The molecule has 0 atom stereocenters. The smallest absolute Gasteiger partial charge is 0.338 e. The topological polar surface area (TPSA) is 35.5 Å². The highest BCUT2D eigenvalue weighted by atomic mass is 16.5. The van der Waals surface area contributed by atoms with E-state index in [2.05, 4.69) is 6.92 Å². The van der Waals surface area contributed by atoms with Crippen molar-refractivity contribution in [3.05, 3.63) is 53.6 Å². The van der Waals surface area contributed by atoms with Gasteiger partial charge >= 0.3 is 5.97 Å². The van der Waals surface area contributed by atoms with Crippen LogP contribution in [0.4, 0.5) is 0 Å². The van der Waals surface area contributed by atoms with Crippen LogP contribution in [0, 0.1) is 6.92 Å². The van der Waals surface area contributed by atoms with Gasteiger partial charge < -0.3 is 9.47 Å². The molecule has 0 amide bonds. The van der Waals surface area contributed by atoms with Crippen LogP contribution in [0.15, 0.2) is 42.5 Å². The highest BCUT2D eigenvalue weighted by molar-refractivity contribution is 5.91. The monoisotopic (exact) mass is 288 g/mol. The molecule has 0 fully saturated rings. The summed E-state index contributed by atoms with van der Waals surface area (Å²) < 4.78 is 10.8. The Bertz CT molecular complexity index is 501. The Kier molecular flexibility index (Phi) is 7.95. The molecule has 0 unspecified atom stereocenters. The van der Waals surface area contributed by atoms with Gasteiger partial charge in [0.15, 0.2) is 0 Å². The van der Waals surface area contributed by atoms with E-state index < -0.39 is 0 Å². The highest BCUT2D eigenvalue weighted by Crippen LogP contribution is 2.18. The van der Waals surface area contributed by atoms with Gasteiger partial charge in [-0.05, 0) is 37.5 Å². The molecule has 0 heterocycles. The molecule has 1 aromatic carbocycles. The molecule has 114 valence electrons. The molecule has 3 heteroatoms. The Morgan fingerprint density at radius 3 is 2.38 bits per heavy atom. The van der Waals surface area contributed by atoms with Gasteiger partial charge in [0.1, 0.15) is 19.0 Å². The van der Waals surface area contributed by atoms with Gasteiger partial charge in [-0.25, -0.2) is 4.79 Å². The first-order chi connectivity index (χ1) is 10.2. The lowest BCUT2D eigenvalue weighted by Gasteiger charge is -2.09. The number of ether oxygens (including phenoxy) is 2. The first-order valence-electron chi connectivity index (χ1n) is 7.39. The molecule has 21 heavy (non-hydrogen) atoms. The van der Waals surface area contributed by atoms with Crippen LogP contribution in [-0.4, -0.2) is 19.2 Å². The lowest BCUT2D eigenvalue weighted by atomic mass is 10.1. The van der Waals surface area contributed by atoms with Crippen LogP contribution in [0.5, 0.6) is 5.75 Å². The number of hydrogen-bond donors (Lipinski definition) is 0. The van der Waals surface area contributed by atoms with Crippen molar-refractivity contribution in [3.63, 3.8) is 0 Å². The lowest BCUT2D eigenvalue weighted by molar-refractivity contribution is 0.0548. The van der Waals surface area contributed by atoms with Crippen LogP contribution in [0.25, 0.3) is 0 Å². The maximum Gasteiger partial charge on any atom is 0.338 e.